The van der Waals surface area contributed by atoms with E-state index in [0.29, 0.717) is 23.1 Å². The SMILES string of the molecule is COc1ccc(C(Cl)c2cc(F)c(F)cc2F)cc1OC. The van der Waals surface area contributed by atoms with Gasteiger partial charge < -0.3 is 9.47 Å². The number of ether oxygens (including phenoxy) is 2. The summed E-state index contributed by atoms with van der Waals surface area (Å²) in [6, 6.07) is 5.97. The smallest absolute Gasteiger partial charge is 0.161 e. The molecule has 0 N–H and O–H groups in total. The minimum absolute atomic E-state index is 0.150. The van der Waals surface area contributed by atoms with Crippen LogP contribution in [0.4, 0.5) is 13.2 Å². The van der Waals surface area contributed by atoms with Crippen molar-refractivity contribution in [2.24, 2.45) is 0 Å². The Morgan fingerprint density at radius 3 is 2.10 bits per heavy atom. The van der Waals surface area contributed by atoms with Gasteiger partial charge in [-0.05, 0) is 23.8 Å². The third kappa shape index (κ3) is 3.08. The third-order valence-corrected chi connectivity index (χ3v) is 3.50. The van der Waals surface area contributed by atoms with E-state index >= 15 is 0 Å². The summed E-state index contributed by atoms with van der Waals surface area (Å²) in [6.07, 6.45) is 0. The second kappa shape index (κ2) is 6.26. The van der Waals surface area contributed by atoms with Gasteiger partial charge in [0.2, 0.25) is 0 Å². The van der Waals surface area contributed by atoms with Gasteiger partial charge in [-0.2, -0.15) is 0 Å². The van der Waals surface area contributed by atoms with Gasteiger partial charge >= 0.3 is 0 Å². The van der Waals surface area contributed by atoms with Gasteiger partial charge in [-0.25, -0.2) is 13.2 Å². The lowest BCUT2D eigenvalue weighted by atomic mass is 10.0. The van der Waals surface area contributed by atoms with Gasteiger partial charge in [0.05, 0.1) is 19.6 Å². The standard InChI is InChI=1S/C15H12ClF3O2/c1-20-13-4-3-8(5-14(13)21-2)15(16)9-6-11(18)12(19)7-10(9)17/h3-7,15H,1-2H3. The molecule has 0 aromatic heterocycles. The number of halogens is 4. The average molecular weight is 317 g/mol. The van der Waals surface area contributed by atoms with Crippen molar-refractivity contribution >= 4 is 11.6 Å². The molecule has 0 aliphatic rings. The summed E-state index contributed by atoms with van der Waals surface area (Å²) in [5.74, 6) is -2.44. The first kappa shape index (κ1) is 15.5. The van der Waals surface area contributed by atoms with Crippen LogP contribution in [0.3, 0.4) is 0 Å². The van der Waals surface area contributed by atoms with Crippen LogP contribution in [0.1, 0.15) is 16.5 Å². The van der Waals surface area contributed by atoms with Gasteiger partial charge in [-0.15, -0.1) is 11.6 Å². The molecule has 0 saturated heterocycles. The first-order chi connectivity index (χ1) is 9.97. The van der Waals surface area contributed by atoms with E-state index in [2.05, 4.69) is 0 Å². The Balaban J connectivity index is 2.45. The van der Waals surface area contributed by atoms with Gasteiger partial charge in [-0.1, -0.05) is 6.07 Å². The first-order valence-electron chi connectivity index (χ1n) is 5.98. The molecular weight excluding hydrogens is 305 g/mol. The molecule has 0 amide bonds. The van der Waals surface area contributed by atoms with Crippen LogP contribution in [0.25, 0.3) is 0 Å². The molecule has 2 aromatic carbocycles. The van der Waals surface area contributed by atoms with Crippen molar-refractivity contribution in [3.63, 3.8) is 0 Å². The quantitative estimate of drug-likeness (QED) is 0.613. The Labute approximate surface area is 125 Å². The van der Waals surface area contributed by atoms with E-state index in [1.165, 1.54) is 14.2 Å². The average Bonchev–Trinajstić information content (AvgIpc) is 2.49. The van der Waals surface area contributed by atoms with Crippen molar-refractivity contribution in [3.05, 3.63) is 58.9 Å². The number of hydrogen-bond acceptors (Lipinski definition) is 2. The molecule has 2 nitrogen and oxygen atoms in total. The largest absolute Gasteiger partial charge is 0.493 e. The Hall–Kier alpha value is -1.88. The fourth-order valence-electron chi connectivity index (χ4n) is 1.92. The van der Waals surface area contributed by atoms with E-state index in [0.717, 1.165) is 6.07 Å². The molecular formula is C15H12ClF3O2. The zero-order chi connectivity index (χ0) is 15.6. The van der Waals surface area contributed by atoms with Gasteiger partial charge in [-0.3, -0.25) is 0 Å². The molecule has 1 unspecified atom stereocenters. The van der Waals surface area contributed by atoms with Crippen molar-refractivity contribution in [2.45, 2.75) is 5.38 Å². The van der Waals surface area contributed by atoms with Gasteiger partial charge in [0, 0.05) is 11.6 Å². The van der Waals surface area contributed by atoms with Crippen molar-refractivity contribution in [1.29, 1.82) is 0 Å². The van der Waals surface area contributed by atoms with E-state index in [4.69, 9.17) is 21.1 Å². The molecule has 0 saturated carbocycles. The Bertz CT molecular complexity index is 662. The minimum atomic E-state index is -1.26. The molecule has 21 heavy (non-hydrogen) atoms. The molecule has 0 aliphatic heterocycles. The highest BCUT2D eigenvalue weighted by molar-refractivity contribution is 6.22. The molecule has 0 radical (unpaired) electrons. The van der Waals surface area contributed by atoms with Gasteiger partial charge in [0.15, 0.2) is 23.1 Å². The molecule has 0 bridgehead atoms. The fourth-order valence-corrected chi connectivity index (χ4v) is 2.23. The van der Waals surface area contributed by atoms with Crippen LogP contribution in [-0.4, -0.2) is 14.2 Å². The molecule has 1 atom stereocenters. The summed E-state index contributed by atoms with van der Waals surface area (Å²) >= 11 is 6.16. The van der Waals surface area contributed by atoms with E-state index in [9.17, 15) is 13.2 Å². The van der Waals surface area contributed by atoms with Crippen molar-refractivity contribution < 1.29 is 22.6 Å². The van der Waals surface area contributed by atoms with Crippen LogP contribution in [0.5, 0.6) is 11.5 Å². The normalized spacial score (nSPS) is 12.1. The van der Waals surface area contributed by atoms with Crippen molar-refractivity contribution in [1.82, 2.24) is 0 Å². The van der Waals surface area contributed by atoms with E-state index in [1.54, 1.807) is 18.2 Å². The summed E-state index contributed by atoms with van der Waals surface area (Å²) in [5, 5.41) is -0.986. The van der Waals surface area contributed by atoms with Gasteiger partial charge in [0.25, 0.3) is 0 Å². The van der Waals surface area contributed by atoms with Gasteiger partial charge in [0.1, 0.15) is 5.82 Å². The highest BCUT2D eigenvalue weighted by atomic mass is 35.5. The summed E-state index contributed by atoms with van der Waals surface area (Å²) in [6.45, 7) is 0. The second-order valence-corrected chi connectivity index (χ2v) is 4.70. The fraction of sp³-hybridized carbons (Fsp3) is 0.200. The Kier molecular flexibility index (Phi) is 4.63. The molecule has 0 aliphatic carbocycles. The monoisotopic (exact) mass is 316 g/mol. The summed E-state index contributed by atoms with van der Waals surface area (Å²) in [5.41, 5.74) is 0.321. The highest BCUT2D eigenvalue weighted by Crippen LogP contribution is 2.36. The number of benzene rings is 2. The number of hydrogen-bond donors (Lipinski definition) is 0. The Morgan fingerprint density at radius 2 is 1.48 bits per heavy atom. The molecule has 0 fully saturated rings. The lowest BCUT2D eigenvalue weighted by molar-refractivity contribution is 0.354. The maximum atomic E-state index is 13.7. The van der Waals surface area contributed by atoms with Crippen molar-refractivity contribution in [3.8, 4) is 11.5 Å². The van der Waals surface area contributed by atoms with Crippen LogP contribution in [0.2, 0.25) is 0 Å². The number of rotatable bonds is 4. The highest BCUT2D eigenvalue weighted by Gasteiger charge is 2.20. The van der Waals surface area contributed by atoms with Crippen LogP contribution < -0.4 is 9.47 Å². The zero-order valence-electron chi connectivity index (χ0n) is 11.3. The van der Waals surface area contributed by atoms with E-state index in [1.807, 2.05) is 0 Å². The number of alkyl halides is 1. The second-order valence-electron chi connectivity index (χ2n) is 4.26. The maximum absolute atomic E-state index is 13.7. The zero-order valence-corrected chi connectivity index (χ0v) is 12.0. The molecule has 0 spiro atoms. The maximum Gasteiger partial charge on any atom is 0.161 e. The molecule has 0 heterocycles. The van der Waals surface area contributed by atoms with Crippen molar-refractivity contribution in [2.75, 3.05) is 14.2 Å². The first-order valence-corrected chi connectivity index (χ1v) is 6.42. The third-order valence-electron chi connectivity index (χ3n) is 3.01. The van der Waals surface area contributed by atoms with Crippen LogP contribution in [-0.2, 0) is 0 Å². The summed E-state index contributed by atoms with van der Waals surface area (Å²) in [4.78, 5) is 0. The topological polar surface area (TPSA) is 18.5 Å². The van der Waals surface area contributed by atoms with Crippen LogP contribution in [0, 0.1) is 17.5 Å². The Morgan fingerprint density at radius 1 is 0.857 bits per heavy atom. The van der Waals surface area contributed by atoms with Crippen LogP contribution >= 0.6 is 11.6 Å². The predicted octanol–water partition coefficient (Wildman–Crippen LogP) is 4.45. The lowest BCUT2D eigenvalue weighted by Crippen LogP contribution is -2.01. The van der Waals surface area contributed by atoms with E-state index in [-0.39, 0.29) is 5.56 Å². The van der Waals surface area contributed by atoms with Crippen LogP contribution in [0.15, 0.2) is 30.3 Å². The lowest BCUT2D eigenvalue weighted by Gasteiger charge is -2.14. The van der Waals surface area contributed by atoms with E-state index < -0.39 is 22.8 Å². The minimum Gasteiger partial charge on any atom is -0.493 e. The number of methoxy groups -OCH3 is 2. The molecule has 2 rings (SSSR count). The molecule has 112 valence electrons. The predicted molar refractivity (Wildman–Crippen MR) is 73.6 cm³/mol. The summed E-state index contributed by atoms with van der Waals surface area (Å²) < 4.78 is 50.2. The molecule has 2 aromatic rings. The molecule has 6 heteroatoms. The summed E-state index contributed by atoms with van der Waals surface area (Å²) in [7, 11) is 2.92.